The molecule has 0 saturated heterocycles. The minimum Gasteiger partial charge on any atom is -0.393 e. The predicted molar refractivity (Wildman–Crippen MR) is 96.0 cm³/mol. The van der Waals surface area contributed by atoms with Crippen molar-refractivity contribution in [2.75, 3.05) is 0 Å². The van der Waals surface area contributed by atoms with E-state index in [0.29, 0.717) is 29.6 Å². The molecule has 0 unspecified atom stereocenters. The summed E-state index contributed by atoms with van der Waals surface area (Å²) >= 11 is 0. The molecule has 0 aromatic carbocycles. The molecule has 3 aliphatic rings. The Morgan fingerprint density at radius 3 is 2.50 bits per heavy atom. The molecule has 3 fully saturated rings. The summed E-state index contributed by atoms with van der Waals surface area (Å²) in [5.74, 6) is 2.56. The summed E-state index contributed by atoms with van der Waals surface area (Å²) < 4.78 is 0. The first-order valence-corrected chi connectivity index (χ1v) is 9.71. The molecular formula is C21H32N2O. The van der Waals surface area contributed by atoms with Crippen LogP contribution < -0.4 is 0 Å². The first-order chi connectivity index (χ1) is 11.3. The van der Waals surface area contributed by atoms with Crippen molar-refractivity contribution in [2.45, 2.75) is 83.4 Å². The van der Waals surface area contributed by atoms with Crippen molar-refractivity contribution in [3.8, 4) is 0 Å². The van der Waals surface area contributed by atoms with Crippen LogP contribution >= 0.6 is 0 Å². The van der Waals surface area contributed by atoms with Gasteiger partial charge in [0, 0.05) is 38.5 Å². The molecule has 0 heterocycles. The zero-order valence-corrected chi connectivity index (χ0v) is 15.6. The Hall–Kier alpha value is -1.06. The number of rotatable bonds is 2. The van der Waals surface area contributed by atoms with Gasteiger partial charge in [-0.15, -0.1) is 0 Å². The van der Waals surface area contributed by atoms with Gasteiger partial charge in [0.1, 0.15) is 0 Å². The van der Waals surface area contributed by atoms with Gasteiger partial charge in [0.05, 0.1) is 6.10 Å². The van der Waals surface area contributed by atoms with Gasteiger partial charge in [0.25, 0.3) is 0 Å². The quantitative estimate of drug-likeness (QED) is 0.723. The Bertz CT molecular complexity index is 571. The molecular weight excluding hydrogens is 296 g/mol. The summed E-state index contributed by atoms with van der Waals surface area (Å²) in [5.41, 5.74) is -0.628. The summed E-state index contributed by atoms with van der Waals surface area (Å²) in [6, 6.07) is 0. The van der Waals surface area contributed by atoms with Crippen molar-refractivity contribution in [3.05, 3.63) is 22.8 Å². The third-order valence-corrected chi connectivity index (χ3v) is 7.75. The van der Waals surface area contributed by atoms with Crippen LogP contribution in [0.25, 0.3) is 9.69 Å². The molecule has 8 atom stereocenters. The van der Waals surface area contributed by atoms with Gasteiger partial charge in [-0.2, -0.15) is 0 Å². The monoisotopic (exact) mass is 328 g/mol. The SMILES string of the molecule is [C-]#[N+]C(C)(C)C[C@@H]1C[C@H](C)[C@H]2CC[C@H](C)[C@@]3([N+]#[C-])CC[C@@H](O)[C@@H]1[C@H]23. The Balaban J connectivity index is 2.01. The van der Waals surface area contributed by atoms with Gasteiger partial charge in [-0.1, -0.05) is 13.8 Å². The number of aliphatic hydroxyl groups excluding tert-OH is 1. The van der Waals surface area contributed by atoms with Crippen LogP contribution in [0.1, 0.15) is 66.2 Å². The van der Waals surface area contributed by atoms with E-state index in [9.17, 15) is 5.11 Å². The molecule has 3 saturated carbocycles. The molecule has 0 radical (unpaired) electrons. The second-order valence-electron chi connectivity index (χ2n) is 9.56. The summed E-state index contributed by atoms with van der Waals surface area (Å²) in [6.07, 6.45) is 5.70. The minimum atomic E-state index is -0.366. The molecule has 1 N–H and O–H groups in total. The molecule has 0 aliphatic heterocycles. The Kier molecular flexibility index (Phi) is 4.46. The lowest BCUT2D eigenvalue weighted by atomic mass is 9.45. The molecule has 3 nitrogen and oxygen atoms in total. The van der Waals surface area contributed by atoms with E-state index in [0.717, 1.165) is 32.1 Å². The Morgan fingerprint density at radius 1 is 1.17 bits per heavy atom. The third-order valence-electron chi connectivity index (χ3n) is 7.75. The number of hydrogen-bond donors (Lipinski definition) is 1. The van der Waals surface area contributed by atoms with Crippen LogP contribution in [0.2, 0.25) is 0 Å². The fourth-order valence-corrected chi connectivity index (χ4v) is 6.62. The fourth-order valence-electron chi connectivity index (χ4n) is 6.62. The highest BCUT2D eigenvalue weighted by Gasteiger charge is 2.65. The lowest BCUT2D eigenvalue weighted by Gasteiger charge is -2.58. The molecule has 3 rings (SSSR count). The minimum absolute atomic E-state index is 0.220. The van der Waals surface area contributed by atoms with Crippen LogP contribution in [0.15, 0.2) is 0 Å². The van der Waals surface area contributed by atoms with E-state index in [1.807, 2.05) is 13.8 Å². The normalized spacial score (nSPS) is 48.0. The second kappa shape index (κ2) is 6.03. The van der Waals surface area contributed by atoms with Gasteiger partial charge in [0.15, 0.2) is 0 Å². The van der Waals surface area contributed by atoms with Gasteiger partial charge in [-0.05, 0) is 49.4 Å². The molecule has 3 aliphatic carbocycles. The predicted octanol–water partition coefficient (Wildman–Crippen LogP) is 4.82. The van der Waals surface area contributed by atoms with Crippen molar-refractivity contribution in [3.63, 3.8) is 0 Å². The highest BCUT2D eigenvalue weighted by molar-refractivity contribution is 5.18. The maximum Gasteiger partial charge on any atom is 0.238 e. The van der Waals surface area contributed by atoms with Crippen molar-refractivity contribution >= 4 is 0 Å². The first-order valence-electron chi connectivity index (χ1n) is 9.71. The Morgan fingerprint density at radius 2 is 1.88 bits per heavy atom. The average Bonchev–Trinajstić information content (AvgIpc) is 2.54. The number of aliphatic hydroxyl groups is 1. The first kappa shape index (κ1) is 17.8. The molecule has 0 amide bonds. The lowest BCUT2D eigenvalue weighted by Crippen LogP contribution is -2.62. The van der Waals surface area contributed by atoms with E-state index < -0.39 is 0 Å². The standard InChI is InChI=1S/C21H32N2O/c1-13-11-15(12-20(3,4)22-5)18-17(24)9-10-21(23-6)14(2)7-8-16(13)19(18)21/h13-19,24H,7-12H2,1-4H3/t13-,14-,15-,16+,17+,18+,19-,21-/m0/s1. The molecule has 0 aromatic rings. The van der Waals surface area contributed by atoms with E-state index in [1.54, 1.807) is 0 Å². The molecule has 132 valence electrons. The van der Waals surface area contributed by atoms with Gasteiger partial charge in [-0.3, -0.25) is 0 Å². The third kappa shape index (κ3) is 2.57. The zero-order valence-electron chi connectivity index (χ0n) is 15.6. The van der Waals surface area contributed by atoms with Crippen LogP contribution in [0, 0.1) is 48.7 Å². The number of nitrogens with zero attached hydrogens (tertiary/aromatic N) is 2. The maximum atomic E-state index is 10.9. The largest absolute Gasteiger partial charge is 0.393 e. The van der Waals surface area contributed by atoms with Crippen LogP contribution in [-0.2, 0) is 0 Å². The highest BCUT2D eigenvalue weighted by Crippen LogP contribution is 2.62. The topological polar surface area (TPSA) is 29.0 Å². The van der Waals surface area contributed by atoms with Crippen LogP contribution in [0.3, 0.4) is 0 Å². The molecule has 3 heteroatoms. The van der Waals surface area contributed by atoms with Crippen molar-refractivity contribution in [1.82, 2.24) is 0 Å². The van der Waals surface area contributed by atoms with E-state index >= 15 is 0 Å². The van der Waals surface area contributed by atoms with E-state index in [-0.39, 0.29) is 23.1 Å². The van der Waals surface area contributed by atoms with Gasteiger partial charge < -0.3 is 14.8 Å². The fraction of sp³-hybridized carbons (Fsp3) is 0.905. The van der Waals surface area contributed by atoms with Crippen LogP contribution in [-0.4, -0.2) is 22.3 Å². The molecule has 0 spiro atoms. The van der Waals surface area contributed by atoms with Crippen molar-refractivity contribution in [2.24, 2.45) is 35.5 Å². The lowest BCUT2D eigenvalue weighted by molar-refractivity contribution is -0.128. The van der Waals surface area contributed by atoms with Crippen molar-refractivity contribution < 1.29 is 5.11 Å². The summed E-state index contributed by atoms with van der Waals surface area (Å²) in [6.45, 7) is 24.2. The van der Waals surface area contributed by atoms with E-state index in [2.05, 4.69) is 23.5 Å². The van der Waals surface area contributed by atoms with Crippen LogP contribution in [0.5, 0.6) is 0 Å². The second-order valence-corrected chi connectivity index (χ2v) is 9.56. The summed E-state index contributed by atoms with van der Waals surface area (Å²) in [5, 5.41) is 10.9. The van der Waals surface area contributed by atoms with Gasteiger partial charge in [-0.25, -0.2) is 13.1 Å². The molecule has 0 bridgehead atoms. The summed E-state index contributed by atoms with van der Waals surface area (Å²) in [7, 11) is 0. The van der Waals surface area contributed by atoms with Crippen LogP contribution in [0.4, 0.5) is 0 Å². The Labute approximate surface area is 147 Å². The zero-order chi connectivity index (χ0) is 17.7. The maximum absolute atomic E-state index is 10.9. The average molecular weight is 329 g/mol. The van der Waals surface area contributed by atoms with Gasteiger partial charge in [0.2, 0.25) is 11.1 Å². The van der Waals surface area contributed by atoms with E-state index in [1.165, 1.54) is 6.42 Å². The smallest absolute Gasteiger partial charge is 0.238 e. The van der Waals surface area contributed by atoms with Gasteiger partial charge >= 0.3 is 0 Å². The van der Waals surface area contributed by atoms with Crippen molar-refractivity contribution in [1.29, 1.82) is 0 Å². The highest BCUT2D eigenvalue weighted by atomic mass is 16.3. The molecule has 0 aromatic heterocycles. The van der Waals surface area contributed by atoms with E-state index in [4.69, 9.17) is 13.1 Å². The number of hydrogen-bond acceptors (Lipinski definition) is 1. The molecule has 24 heavy (non-hydrogen) atoms. The summed E-state index contributed by atoms with van der Waals surface area (Å²) in [4.78, 5) is 8.10.